The van der Waals surface area contributed by atoms with Gasteiger partial charge in [0.1, 0.15) is 5.84 Å². The zero-order chi connectivity index (χ0) is 10.8. The molecule has 0 saturated carbocycles. The highest BCUT2D eigenvalue weighted by Crippen LogP contribution is 2.29. The van der Waals surface area contributed by atoms with Gasteiger partial charge in [0.05, 0.1) is 0 Å². The van der Waals surface area contributed by atoms with E-state index in [0.29, 0.717) is 11.7 Å². The average molecular weight is 219 g/mol. The lowest BCUT2D eigenvalue weighted by molar-refractivity contribution is 1.10. The number of hydrogen-bond donors (Lipinski definition) is 2. The van der Waals surface area contributed by atoms with Crippen molar-refractivity contribution in [3.8, 4) is 0 Å². The van der Waals surface area contributed by atoms with Crippen molar-refractivity contribution in [2.24, 2.45) is 10.7 Å². The minimum atomic E-state index is 0.293. The monoisotopic (exact) mass is 219 g/mol. The fourth-order valence-electron chi connectivity index (χ4n) is 1.56. The molecule has 0 saturated heterocycles. The third-order valence-corrected chi connectivity index (χ3v) is 3.50. The van der Waals surface area contributed by atoms with Crippen molar-refractivity contribution in [3.05, 3.63) is 29.3 Å². The number of aliphatic imine (C=N–C) groups is 1. The molecule has 0 bridgehead atoms. The molecule has 3 nitrogen and oxygen atoms in total. The van der Waals surface area contributed by atoms with E-state index in [9.17, 15) is 0 Å². The van der Waals surface area contributed by atoms with E-state index in [2.05, 4.69) is 11.9 Å². The first-order valence-electron chi connectivity index (χ1n) is 4.93. The van der Waals surface area contributed by atoms with Crippen LogP contribution in [0.15, 0.2) is 28.1 Å². The molecule has 3 N–H and O–H groups in total. The Kier molecular flexibility index (Phi) is 2.77. The fraction of sp³-hybridized carbons (Fsp3) is 0.273. The molecular weight excluding hydrogens is 206 g/mol. The molecule has 2 rings (SSSR count). The van der Waals surface area contributed by atoms with Crippen molar-refractivity contribution in [3.63, 3.8) is 0 Å². The van der Waals surface area contributed by atoms with E-state index in [1.807, 2.05) is 18.2 Å². The zero-order valence-corrected chi connectivity index (χ0v) is 9.40. The van der Waals surface area contributed by atoms with Crippen molar-refractivity contribution in [1.82, 2.24) is 0 Å². The van der Waals surface area contributed by atoms with Gasteiger partial charge in [0.25, 0.3) is 0 Å². The number of nitrogens with two attached hydrogens (primary N) is 1. The van der Waals surface area contributed by atoms with E-state index < -0.39 is 0 Å². The number of hydrogen-bond acceptors (Lipinski definition) is 3. The Labute approximate surface area is 93.3 Å². The summed E-state index contributed by atoms with van der Waals surface area (Å²) in [5.74, 6) is 1.82. The Morgan fingerprint density at radius 1 is 1.47 bits per heavy atom. The minimum Gasteiger partial charge on any atom is -0.383 e. The third kappa shape index (κ3) is 1.77. The van der Waals surface area contributed by atoms with Crippen molar-refractivity contribution in [2.75, 3.05) is 5.75 Å². The van der Waals surface area contributed by atoms with Crippen LogP contribution in [0.4, 0.5) is 0 Å². The molecule has 0 radical (unpaired) electrons. The maximum Gasteiger partial charge on any atom is 0.156 e. The number of fused-ring (bicyclic) bond motifs is 1. The molecule has 1 heterocycles. The summed E-state index contributed by atoms with van der Waals surface area (Å²) in [5, 5.41) is 7.76. The predicted molar refractivity (Wildman–Crippen MR) is 65.0 cm³/mol. The first kappa shape index (κ1) is 10.2. The van der Waals surface area contributed by atoms with Crippen LogP contribution in [0, 0.1) is 5.41 Å². The SMILES string of the molecule is CCCSc1cccc2c1C(=N)N=C2N. The second-order valence-electron chi connectivity index (χ2n) is 3.37. The largest absolute Gasteiger partial charge is 0.383 e. The molecule has 0 atom stereocenters. The standard InChI is InChI=1S/C11H13N3S/c1-2-6-15-8-5-3-4-7-9(8)11(13)14-10(7)12/h3-5H,2,6H2,1H3,(H3,12,13,14). The minimum absolute atomic E-state index is 0.293. The number of benzene rings is 1. The molecule has 0 unspecified atom stereocenters. The van der Waals surface area contributed by atoms with Crippen LogP contribution >= 0.6 is 11.8 Å². The summed E-state index contributed by atoms with van der Waals surface area (Å²) >= 11 is 1.76. The average Bonchev–Trinajstić information content (AvgIpc) is 2.53. The molecule has 15 heavy (non-hydrogen) atoms. The molecule has 1 aliphatic heterocycles. The summed E-state index contributed by atoms with van der Waals surface area (Å²) in [6, 6.07) is 5.92. The summed E-state index contributed by atoms with van der Waals surface area (Å²) < 4.78 is 0. The van der Waals surface area contributed by atoms with Crippen LogP contribution in [0.3, 0.4) is 0 Å². The number of thioether (sulfide) groups is 1. The maximum atomic E-state index is 7.76. The molecule has 1 aromatic rings. The first-order chi connectivity index (χ1) is 7.24. The summed E-state index contributed by atoms with van der Waals surface area (Å²) in [4.78, 5) is 5.10. The normalized spacial score (nSPS) is 13.9. The fourth-order valence-corrected chi connectivity index (χ4v) is 2.51. The molecule has 1 aromatic carbocycles. The molecule has 4 heteroatoms. The van der Waals surface area contributed by atoms with Crippen LogP contribution in [-0.4, -0.2) is 17.4 Å². The van der Waals surface area contributed by atoms with Crippen LogP contribution in [0.2, 0.25) is 0 Å². The zero-order valence-electron chi connectivity index (χ0n) is 8.58. The van der Waals surface area contributed by atoms with E-state index in [1.54, 1.807) is 11.8 Å². The Morgan fingerprint density at radius 2 is 2.27 bits per heavy atom. The summed E-state index contributed by atoms with van der Waals surface area (Å²) in [6.07, 6.45) is 1.12. The Morgan fingerprint density at radius 3 is 3.00 bits per heavy atom. The lowest BCUT2D eigenvalue weighted by Gasteiger charge is -2.06. The lowest BCUT2D eigenvalue weighted by atomic mass is 10.1. The van der Waals surface area contributed by atoms with Crippen LogP contribution in [0.5, 0.6) is 0 Å². The predicted octanol–water partition coefficient (Wildman–Crippen LogP) is 2.23. The molecule has 0 aromatic heterocycles. The van der Waals surface area contributed by atoms with Gasteiger partial charge in [-0.15, -0.1) is 11.8 Å². The second-order valence-corrected chi connectivity index (χ2v) is 4.51. The first-order valence-corrected chi connectivity index (χ1v) is 5.92. The molecule has 0 amide bonds. The van der Waals surface area contributed by atoms with E-state index in [4.69, 9.17) is 11.1 Å². The Balaban J connectivity index is 2.40. The van der Waals surface area contributed by atoms with Gasteiger partial charge in [-0.3, -0.25) is 5.41 Å². The summed E-state index contributed by atoms with van der Waals surface area (Å²) in [7, 11) is 0. The van der Waals surface area contributed by atoms with Crippen LogP contribution in [0.1, 0.15) is 24.5 Å². The molecule has 0 spiro atoms. The number of nitrogens with one attached hydrogen (secondary N) is 1. The van der Waals surface area contributed by atoms with E-state index in [1.165, 1.54) is 0 Å². The Bertz CT molecular complexity index is 437. The summed E-state index contributed by atoms with van der Waals surface area (Å²) in [6.45, 7) is 2.15. The molecular formula is C11H13N3S. The van der Waals surface area contributed by atoms with Gasteiger partial charge in [0.2, 0.25) is 0 Å². The quantitative estimate of drug-likeness (QED) is 0.766. The van der Waals surface area contributed by atoms with Gasteiger partial charge < -0.3 is 5.73 Å². The van der Waals surface area contributed by atoms with Crippen LogP contribution in [-0.2, 0) is 0 Å². The van der Waals surface area contributed by atoms with Crippen molar-refractivity contribution >= 4 is 23.4 Å². The van der Waals surface area contributed by atoms with Gasteiger partial charge in [0.15, 0.2) is 5.84 Å². The van der Waals surface area contributed by atoms with Crippen molar-refractivity contribution < 1.29 is 0 Å². The van der Waals surface area contributed by atoms with Gasteiger partial charge in [-0.05, 0) is 18.2 Å². The lowest BCUT2D eigenvalue weighted by Crippen LogP contribution is -2.10. The van der Waals surface area contributed by atoms with Gasteiger partial charge >= 0.3 is 0 Å². The van der Waals surface area contributed by atoms with Crippen LogP contribution in [0.25, 0.3) is 0 Å². The smallest absolute Gasteiger partial charge is 0.156 e. The van der Waals surface area contributed by atoms with Crippen LogP contribution < -0.4 is 5.73 Å². The molecule has 0 fully saturated rings. The maximum absolute atomic E-state index is 7.76. The second kappa shape index (κ2) is 4.06. The Hall–Kier alpha value is -1.29. The summed E-state index contributed by atoms with van der Waals surface area (Å²) in [5.41, 5.74) is 7.53. The van der Waals surface area contributed by atoms with Crippen molar-refractivity contribution in [1.29, 1.82) is 5.41 Å². The molecule has 1 aliphatic rings. The van der Waals surface area contributed by atoms with E-state index >= 15 is 0 Å². The van der Waals surface area contributed by atoms with Gasteiger partial charge in [0, 0.05) is 16.0 Å². The highest BCUT2D eigenvalue weighted by molar-refractivity contribution is 7.99. The number of nitrogens with zero attached hydrogens (tertiary/aromatic N) is 1. The third-order valence-electron chi connectivity index (χ3n) is 2.23. The number of amidine groups is 2. The highest BCUT2D eigenvalue weighted by Gasteiger charge is 2.21. The van der Waals surface area contributed by atoms with Gasteiger partial charge in [-0.25, -0.2) is 4.99 Å². The van der Waals surface area contributed by atoms with Gasteiger partial charge in [-0.1, -0.05) is 19.1 Å². The topological polar surface area (TPSA) is 62.2 Å². The highest BCUT2D eigenvalue weighted by atomic mass is 32.2. The molecule has 0 aliphatic carbocycles. The van der Waals surface area contributed by atoms with Gasteiger partial charge in [-0.2, -0.15) is 0 Å². The number of rotatable bonds is 3. The van der Waals surface area contributed by atoms with E-state index in [0.717, 1.165) is 28.2 Å². The molecule has 78 valence electrons. The van der Waals surface area contributed by atoms with E-state index in [-0.39, 0.29) is 0 Å². The van der Waals surface area contributed by atoms with Crippen molar-refractivity contribution in [2.45, 2.75) is 18.2 Å².